The van der Waals surface area contributed by atoms with Crippen LogP contribution in [0.1, 0.15) is 18.4 Å². The number of nitrogens with one attached hydrogen (secondary N) is 1. The number of anilines is 2. The van der Waals surface area contributed by atoms with Gasteiger partial charge in [0.15, 0.2) is 5.65 Å². The van der Waals surface area contributed by atoms with E-state index in [1.807, 2.05) is 38.2 Å². The molecule has 0 radical (unpaired) electrons. The van der Waals surface area contributed by atoms with Gasteiger partial charge in [-0.1, -0.05) is 0 Å². The van der Waals surface area contributed by atoms with Crippen LogP contribution in [0.4, 0.5) is 15.9 Å². The van der Waals surface area contributed by atoms with Gasteiger partial charge in [0.2, 0.25) is 0 Å². The van der Waals surface area contributed by atoms with Gasteiger partial charge in [-0.15, -0.1) is 0 Å². The van der Waals surface area contributed by atoms with E-state index in [9.17, 15) is 4.39 Å². The standard InChI is InChI=1S/C22H23FN8O/c1-14(11-30(2)3)18-10-24-17-7-8-21(28-22(17)27-18)31(12-20-25-13-26-29-20)19-9-15(32-4)5-6-16(19)23/h5-11,13H,12H2,1-4H3,(H,25,26,29)/b14-11+. The maximum Gasteiger partial charge on any atom is 0.180 e. The largest absolute Gasteiger partial charge is 0.497 e. The van der Waals surface area contributed by atoms with Crippen LogP contribution in [0, 0.1) is 5.82 Å². The average molecular weight is 434 g/mol. The summed E-state index contributed by atoms with van der Waals surface area (Å²) < 4.78 is 20.2. The molecule has 0 saturated carbocycles. The molecule has 3 heterocycles. The minimum absolute atomic E-state index is 0.218. The molecule has 0 fully saturated rings. The SMILES string of the molecule is COc1ccc(F)c(N(Cc2ncn[nH]2)c2ccc3ncc(/C(C)=C/N(C)C)nc3n2)c1. The highest BCUT2D eigenvalue weighted by Crippen LogP contribution is 2.32. The maximum atomic E-state index is 14.9. The Balaban J connectivity index is 1.82. The Bertz CT molecular complexity index is 1260. The molecule has 1 N–H and O–H groups in total. The number of hydrogen-bond acceptors (Lipinski definition) is 8. The van der Waals surface area contributed by atoms with Crippen molar-refractivity contribution in [1.29, 1.82) is 0 Å². The summed E-state index contributed by atoms with van der Waals surface area (Å²) in [6.45, 7) is 2.18. The summed E-state index contributed by atoms with van der Waals surface area (Å²) in [5, 5.41) is 6.70. The van der Waals surface area contributed by atoms with Crippen molar-refractivity contribution in [3.63, 3.8) is 0 Å². The maximum absolute atomic E-state index is 14.9. The van der Waals surface area contributed by atoms with Crippen molar-refractivity contribution in [2.45, 2.75) is 13.5 Å². The number of pyridine rings is 1. The molecule has 4 aromatic rings. The van der Waals surface area contributed by atoms with Crippen molar-refractivity contribution in [2.75, 3.05) is 26.1 Å². The second kappa shape index (κ2) is 8.96. The van der Waals surface area contributed by atoms with Gasteiger partial charge in [0, 0.05) is 26.4 Å². The zero-order chi connectivity index (χ0) is 22.7. The lowest BCUT2D eigenvalue weighted by Gasteiger charge is -2.24. The smallest absolute Gasteiger partial charge is 0.180 e. The average Bonchev–Trinajstić information content (AvgIpc) is 3.30. The summed E-state index contributed by atoms with van der Waals surface area (Å²) in [5.74, 6) is 1.15. The highest BCUT2D eigenvalue weighted by molar-refractivity contribution is 5.76. The van der Waals surface area contributed by atoms with Gasteiger partial charge in [-0.3, -0.25) is 10.1 Å². The molecule has 0 saturated heterocycles. The first-order valence-corrected chi connectivity index (χ1v) is 9.89. The van der Waals surface area contributed by atoms with Crippen molar-refractivity contribution < 1.29 is 9.13 Å². The lowest BCUT2D eigenvalue weighted by atomic mass is 10.2. The highest BCUT2D eigenvalue weighted by Gasteiger charge is 2.19. The van der Waals surface area contributed by atoms with Gasteiger partial charge >= 0.3 is 0 Å². The lowest BCUT2D eigenvalue weighted by Crippen LogP contribution is -2.20. The minimum atomic E-state index is -0.420. The molecule has 0 aliphatic heterocycles. The number of fused-ring (bicyclic) bond motifs is 1. The predicted octanol–water partition coefficient (Wildman–Crippen LogP) is 3.55. The topological polar surface area (TPSA) is 96.0 Å². The third-order valence-electron chi connectivity index (χ3n) is 4.74. The first-order valence-electron chi connectivity index (χ1n) is 9.89. The van der Waals surface area contributed by atoms with Crippen LogP contribution in [0.5, 0.6) is 5.75 Å². The number of rotatable bonds is 7. The number of benzene rings is 1. The van der Waals surface area contributed by atoms with E-state index in [-0.39, 0.29) is 6.54 Å². The molecule has 1 aromatic carbocycles. The van der Waals surface area contributed by atoms with Crippen LogP contribution >= 0.6 is 0 Å². The van der Waals surface area contributed by atoms with Gasteiger partial charge in [0.1, 0.15) is 35.1 Å². The first-order chi connectivity index (χ1) is 15.4. The molecule has 0 spiro atoms. The predicted molar refractivity (Wildman–Crippen MR) is 120 cm³/mol. The molecular weight excluding hydrogens is 411 g/mol. The van der Waals surface area contributed by atoms with Crippen LogP contribution in [-0.4, -0.2) is 56.2 Å². The monoisotopic (exact) mass is 434 g/mol. The van der Waals surface area contributed by atoms with E-state index in [2.05, 4.69) is 25.1 Å². The molecule has 4 rings (SSSR count). The van der Waals surface area contributed by atoms with Crippen molar-refractivity contribution >= 4 is 28.2 Å². The molecule has 10 heteroatoms. The number of aromatic amines is 1. The fraction of sp³-hybridized carbons (Fsp3) is 0.227. The van der Waals surface area contributed by atoms with Gasteiger partial charge in [-0.2, -0.15) is 5.10 Å². The Labute approximate surface area is 184 Å². The third kappa shape index (κ3) is 4.48. The Morgan fingerprint density at radius 2 is 2.00 bits per heavy atom. The van der Waals surface area contributed by atoms with E-state index in [1.165, 1.54) is 19.5 Å². The third-order valence-corrected chi connectivity index (χ3v) is 4.74. The summed E-state index contributed by atoms with van der Waals surface area (Å²) in [6.07, 6.45) is 5.08. The summed E-state index contributed by atoms with van der Waals surface area (Å²) in [5.41, 5.74) is 3.05. The number of ether oxygens (including phenoxy) is 1. The lowest BCUT2D eigenvalue weighted by molar-refractivity contribution is 0.413. The molecule has 0 unspecified atom stereocenters. The Morgan fingerprint density at radius 1 is 1.16 bits per heavy atom. The number of nitrogens with zero attached hydrogens (tertiary/aromatic N) is 7. The second-order valence-electron chi connectivity index (χ2n) is 7.38. The van der Waals surface area contributed by atoms with E-state index < -0.39 is 5.82 Å². The van der Waals surface area contributed by atoms with E-state index in [0.29, 0.717) is 39.9 Å². The number of allylic oxidation sites excluding steroid dienone is 1. The van der Waals surface area contributed by atoms with Gasteiger partial charge in [-0.05, 0) is 36.8 Å². The number of hydrogen-bond donors (Lipinski definition) is 1. The molecule has 0 amide bonds. The van der Waals surface area contributed by atoms with Crippen LogP contribution < -0.4 is 9.64 Å². The second-order valence-corrected chi connectivity index (χ2v) is 7.38. The Kier molecular flexibility index (Phi) is 5.93. The molecule has 0 aliphatic rings. The number of H-pyrrole nitrogens is 1. The van der Waals surface area contributed by atoms with E-state index in [4.69, 9.17) is 9.72 Å². The Hall–Kier alpha value is -4.08. The molecule has 0 bridgehead atoms. The quantitative estimate of drug-likeness (QED) is 0.472. The van der Waals surface area contributed by atoms with Crippen molar-refractivity contribution in [1.82, 2.24) is 35.0 Å². The van der Waals surface area contributed by atoms with Crippen LogP contribution in [0.25, 0.3) is 16.7 Å². The van der Waals surface area contributed by atoms with Gasteiger partial charge in [0.05, 0.1) is 31.2 Å². The molecular formula is C22H23FN8O. The number of halogens is 1. The number of aromatic nitrogens is 6. The van der Waals surface area contributed by atoms with Crippen molar-refractivity contribution in [3.8, 4) is 5.75 Å². The van der Waals surface area contributed by atoms with Gasteiger partial charge in [-0.25, -0.2) is 19.3 Å². The van der Waals surface area contributed by atoms with E-state index in [1.54, 1.807) is 29.3 Å². The normalized spacial score (nSPS) is 11.6. The van der Waals surface area contributed by atoms with Crippen LogP contribution in [0.3, 0.4) is 0 Å². The molecule has 3 aromatic heterocycles. The Morgan fingerprint density at radius 3 is 2.72 bits per heavy atom. The number of methoxy groups -OCH3 is 1. The van der Waals surface area contributed by atoms with Crippen LogP contribution in [-0.2, 0) is 6.54 Å². The molecule has 0 aliphatic carbocycles. The van der Waals surface area contributed by atoms with E-state index >= 15 is 0 Å². The molecule has 9 nitrogen and oxygen atoms in total. The van der Waals surface area contributed by atoms with Gasteiger partial charge in [0.25, 0.3) is 0 Å². The van der Waals surface area contributed by atoms with Crippen molar-refractivity contribution in [3.05, 3.63) is 66.4 Å². The summed E-state index contributed by atoms with van der Waals surface area (Å²) in [7, 11) is 5.42. The molecule has 32 heavy (non-hydrogen) atoms. The zero-order valence-electron chi connectivity index (χ0n) is 18.2. The molecule has 0 atom stereocenters. The van der Waals surface area contributed by atoms with Crippen LogP contribution in [0.2, 0.25) is 0 Å². The summed E-state index contributed by atoms with van der Waals surface area (Å²) in [4.78, 5) is 21.6. The van der Waals surface area contributed by atoms with Gasteiger partial charge < -0.3 is 14.5 Å². The first kappa shape index (κ1) is 21.2. The van der Waals surface area contributed by atoms with Crippen molar-refractivity contribution in [2.24, 2.45) is 0 Å². The van der Waals surface area contributed by atoms with Crippen LogP contribution in [0.15, 0.2) is 49.1 Å². The minimum Gasteiger partial charge on any atom is -0.497 e. The zero-order valence-corrected chi connectivity index (χ0v) is 18.2. The highest BCUT2D eigenvalue weighted by atomic mass is 19.1. The molecule has 164 valence electrons. The summed E-state index contributed by atoms with van der Waals surface area (Å²) >= 11 is 0. The van der Waals surface area contributed by atoms with E-state index in [0.717, 1.165) is 5.57 Å². The fourth-order valence-corrected chi connectivity index (χ4v) is 3.25. The fourth-order valence-electron chi connectivity index (χ4n) is 3.25. The summed E-state index contributed by atoms with van der Waals surface area (Å²) in [6, 6.07) is 8.12.